The highest BCUT2D eigenvalue weighted by Gasteiger charge is 2.10. The van der Waals surface area contributed by atoms with E-state index in [1.165, 1.54) is 4.90 Å². The molecule has 3 heteroatoms. The van der Waals surface area contributed by atoms with Crippen molar-refractivity contribution < 1.29 is 9.90 Å². The summed E-state index contributed by atoms with van der Waals surface area (Å²) in [6, 6.07) is 13.6. The van der Waals surface area contributed by atoms with Gasteiger partial charge in [-0.15, -0.1) is 0 Å². The molecule has 0 heterocycles. The predicted octanol–water partition coefficient (Wildman–Crippen LogP) is 1.90. The predicted molar refractivity (Wildman–Crippen MR) is 68.0 cm³/mol. The lowest BCUT2D eigenvalue weighted by molar-refractivity contribution is 0.0767. The molecule has 0 unspecified atom stereocenters. The molecule has 0 saturated carbocycles. The van der Waals surface area contributed by atoms with E-state index >= 15 is 0 Å². The van der Waals surface area contributed by atoms with Crippen LogP contribution in [0.2, 0.25) is 0 Å². The van der Waals surface area contributed by atoms with Crippen molar-refractivity contribution >= 4 is 16.7 Å². The topological polar surface area (TPSA) is 40.5 Å². The SMILES string of the molecule is CN(CCO)C(=O)c1ccc2ccccc2c1. The fourth-order valence-electron chi connectivity index (χ4n) is 1.79. The van der Waals surface area contributed by atoms with Gasteiger partial charge in [0.25, 0.3) is 5.91 Å². The molecular weight excluding hydrogens is 214 g/mol. The number of aliphatic hydroxyl groups excluding tert-OH is 1. The molecule has 0 aliphatic heterocycles. The van der Waals surface area contributed by atoms with Gasteiger partial charge in [-0.25, -0.2) is 0 Å². The molecule has 0 saturated heterocycles. The number of hydrogen-bond acceptors (Lipinski definition) is 2. The van der Waals surface area contributed by atoms with Crippen LogP contribution in [0.3, 0.4) is 0 Å². The molecule has 2 aromatic carbocycles. The van der Waals surface area contributed by atoms with Gasteiger partial charge in [0.15, 0.2) is 0 Å². The van der Waals surface area contributed by atoms with E-state index in [0.717, 1.165) is 10.8 Å². The Kier molecular flexibility index (Phi) is 3.40. The molecule has 0 aromatic heterocycles. The van der Waals surface area contributed by atoms with Gasteiger partial charge in [0.1, 0.15) is 0 Å². The van der Waals surface area contributed by atoms with Crippen molar-refractivity contribution in [3.63, 3.8) is 0 Å². The third kappa shape index (κ3) is 2.45. The summed E-state index contributed by atoms with van der Waals surface area (Å²) in [4.78, 5) is 13.5. The number of carbonyl (C=O) groups excluding carboxylic acids is 1. The van der Waals surface area contributed by atoms with Crippen LogP contribution in [0.4, 0.5) is 0 Å². The minimum absolute atomic E-state index is 0.0180. The van der Waals surface area contributed by atoms with Crippen LogP contribution < -0.4 is 0 Å². The first-order valence-electron chi connectivity index (χ1n) is 5.57. The number of nitrogens with zero attached hydrogens (tertiary/aromatic N) is 1. The second kappa shape index (κ2) is 4.97. The minimum Gasteiger partial charge on any atom is -0.395 e. The van der Waals surface area contributed by atoms with E-state index in [4.69, 9.17) is 5.11 Å². The summed E-state index contributed by atoms with van der Waals surface area (Å²) < 4.78 is 0. The van der Waals surface area contributed by atoms with E-state index < -0.39 is 0 Å². The largest absolute Gasteiger partial charge is 0.395 e. The number of likely N-dealkylation sites (N-methyl/N-ethyl adjacent to an activating group) is 1. The second-order valence-corrected chi connectivity index (χ2v) is 4.01. The summed E-state index contributed by atoms with van der Waals surface area (Å²) >= 11 is 0. The lowest BCUT2D eigenvalue weighted by Crippen LogP contribution is -2.29. The maximum atomic E-state index is 12.0. The Bertz CT molecular complexity index is 536. The molecule has 0 radical (unpaired) electrons. The van der Waals surface area contributed by atoms with Gasteiger partial charge < -0.3 is 10.0 Å². The number of benzene rings is 2. The van der Waals surface area contributed by atoms with Crippen molar-refractivity contribution in [1.29, 1.82) is 0 Å². The highest BCUT2D eigenvalue weighted by molar-refractivity contribution is 5.98. The van der Waals surface area contributed by atoms with Crippen LogP contribution in [-0.4, -0.2) is 36.1 Å². The zero-order valence-corrected chi connectivity index (χ0v) is 9.76. The van der Waals surface area contributed by atoms with Crippen molar-refractivity contribution in [3.8, 4) is 0 Å². The van der Waals surface area contributed by atoms with Crippen molar-refractivity contribution in [2.45, 2.75) is 0 Å². The average molecular weight is 229 g/mol. The van der Waals surface area contributed by atoms with Crippen LogP contribution in [0.1, 0.15) is 10.4 Å². The van der Waals surface area contributed by atoms with Crippen molar-refractivity contribution in [1.82, 2.24) is 4.90 Å². The lowest BCUT2D eigenvalue weighted by Gasteiger charge is -2.15. The van der Waals surface area contributed by atoms with Crippen LogP contribution >= 0.6 is 0 Å². The van der Waals surface area contributed by atoms with Gasteiger partial charge in [-0.2, -0.15) is 0 Å². The van der Waals surface area contributed by atoms with Gasteiger partial charge in [0, 0.05) is 19.2 Å². The van der Waals surface area contributed by atoms with Crippen molar-refractivity contribution in [3.05, 3.63) is 48.0 Å². The number of fused-ring (bicyclic) bond motifs is 1. The molecule has 0 atom stereocenters. The lowest BCUT2D eigenvalue weighted by atomic mass is 10.1. The summed E-state index contributed by atoms with van der Waals surface area (Å²) in [5.41, 5.74) is 0.652. The summed E-state index contributed by atoms with van der Waals surface area (Å²) in [7, 11) is 1.69. The average Bonchev–Trinajstić information content (AvgIpc) is 2.37. The fourth-order valence-corrected chi connectivity index (χ4v) is 1.79. The van der Waals surface area contributed by atoms with Gasteiger partial charge in [-0.05, 0) is 22.9 Å². The standard InChI is InChI=1S/C14H15NO2/c1-15(8-9-16)14(17)13-7-6-11-4-2-3-5-12(11)10-13/h2-7,10,16H,8-9H2,1H3. The van der Waals surface area contributed by atoms with E-state index in [9.17, 15) is 4.79 Å². The maximum Gasteiger partial charge on any atom is 0.253 e. The van der Waals surface area contributed by atoms with Crippen LogP contribution in [-0.2, 0) is 0 Å². The molecule has 1 amide bonds. The summed E-state index contributed by atoms with van der Waals surface area (Å²) in [6.45, 7) is 0.335. The molecule has 17 heavy (non-hydrogen) atoms. The van der Waals surface area contributed by atoms with E-state index in [1.807, 2.05) is 42.5 Å². The Morgan fingerprint density at radius 3 is 2.59 bits per heavy atom. The highest BCUT2D eigenvalue weighted by atomic mass is 16.3. The van der Waals surface area contributed by atoms with Gasteiger partial charge in [-0.1, -0.05) is 30.3 Å². The zero-order valence-electron chi connectivity index (χ0n) is 9.76. The Balaban J connectivity index is 2.33. The Morgan fingerprint density at radius 2 is 1.88 bits per heavy atom. The molecule has 2 aromatic rings. The van der Waals surface area contributed by atoms with Crippen LogP contribution in [0, 0.1) is 0 Å². The van der Waals surface area contributed by atoms with Gasteiger partial charge >= 0.3 is 0 Å². The first kappa shape index (κ1) is 11.6. The van der Waals surface area contributed by atoms with Crippen LogP contribution in [0.15, 0.2) is 42.5 Å². The molecule has 0 aliphatic carbocycles. The van der Waals surface area contributed by atoms with E-state index in [0.29, 0.717) is 12.1 Å². The molecule has 2 rings (SSSR count). The molecule has 0 fully saturated rings. The Morgan fingerprint density at radius 1 is 1.18 bits per heavy atom. The van der Waals surface area contributed by atoms with Gasteiger partial charge in [0.05, 0.1) is 6.61 Å². The van der Waals surface area contributed by atoms with Crippen molar-refractivity contribution in [2.24, 2.45) is 0 Å². The molecule has 0 aliphatic rings. The molecule has 3 nitrogen and oxygen atoms in total. The zero-order chi connectivity index (χ0) is 12.3. The number of aliphatic hydroxyl groups is 1. The first-order valence-corrected chi connectivity index (χ1v) is 5.57. The molecule has 0 bridgehead atoms. The van der Waals surface area contributed by atoms with E-state index in [1.54, 1.807) is 7.05 Å². The molecule has 1 N–H and O–H groups in total. The maximum absolute atomic E-state index is 12.0. The number of hydrogen-bond donors (Lipinski definition) is 1. The number of rotatable bonds is 3. The fraction of sp³-hybridized carbons (Fsp3) is 0.214. The van der Waals surface area contributed by atoms with Gasteiger partial charge in [-0.3, -0.25) is 4.79 Å². The smallest absolute Gasteiger partial charge is 0.253 e. The second-order valence-electron chi connectivity index (χ2n) is 4.01. The highest BCUT2D eigenvalue weighted by Crippen LogP contribution is 2.16. The third-order valence-electron chi connectivity index (χ3n) is 2.78. The van der Waals surface area contributed by atoms with Crippen molar-refractivity contribution in [2.75, 3.05) is 20.2 Å². The van der Waals surface area contributed by atoms with Crippen LogP contribution in [0.5, 0.6) is 0 Å². The quantitative estimate of drug-likeness (QED) is 0.873. The number of carbonyl (C=O) groups is 1. The Labute approximate surface area is 100 Å². The van der Waals surface area contributed by atoms with Gasteiger partial charge in [0.2, 0.25) is 0 Å². The molecule has 0 spiro atoms. The van der Waals surface area contributed by atoms with E-state index in [-0.39, 0.29) is 12.5 Å². The summed E-state index contributed by atoms with van der Waals surface area (Å²) in [6.07, 6.45) is 0. The monoisotopic (exact) mass is 229 g/mol. The van der Waals surface area contributed by atoms with Crippen LogP contribution in [0.25, 0.3) is 10.8 Å². The molecular formula is C14H15NO2. The Hall–Kier alpha value is -1.87. The minimum atomic E-state index is -0.0650. The normalized spacial score (nSPS) is 10.5. The van der Waals surface area contributed by atoms with E-state index in [2.05, 4.69) is 0 Å². The first-order chi connectivity index (χ1) is 8.22. The number of amides is 1. The summed E-state index contributed by atoms with van der Waals surface area (Å²) in [5, 5.41) is 11.0. The third-order valence-corrected chi connectivity index (χ3v) is 2.78. The summed E-state index contributed by atoms with van der Waals surface area (Å²) in [5.74, 6) is -0.0650. The molecule has 88 valence electrons.